The number of rotatable bonds is 14. The standard InChI is InChI=1S/C35H37FN2O4/c1-25(2)24-38(29-13-9-12-28(36)23-29)20-21-42-30-18-16-26(17-19-30)22-33(35(40)41-3)37-32-15-8-7-14-31(32)34(39)27-10-5-4-6-11-27/h4-19,23,25,33,37H,20-22,24H2,1-3H3/t33-/m0/s1. The van der Waals surface area contributed by atoms with Crippen LogP contribution in [-0.2, 0) is 16.0 Å². The SMILES string of the molecule is COC(=O)[C@H](Cc1ccc(OCCN(CC(C)C)c2cccc(F)c2)cc1)Nc1ccccc1C(=O)c1ccccc1. The number of hydrogen-bond acceptors (Lipinski definition) is 6. The van der Waals surface area contributed by atoms with Crippen LogP contribution < -0.4 is 15.0 Å². The van der Waals surface area contributed by atoms with Gasteiger partial charge in [0.25, 0.3) is 0 Å². The van der Waals surface area contributed by atoms with E-state index in [1.807, 2.05) is 54.6 Å². The molecule has 4 aromatic rings. The topological polar surface area (TPSA) is 67.9 Å². The van der Waals surface area contributed by atoms with E-state index in [4.69, 9.17) is 9.47 Å². The van der Waals surface area contributed by atoms with Crippen LogP contribution in [0.25, 0.3) is 0 Å². The largest absolute Gasteiger partial charge is 0.492 e. The van der Waals surface area contributed by atoms with E-state index in [2.05, 4.69) is 24.1 Å². The molecule has 0 saturated carbocycles. The van der Waals surface area contributed by atoms with E-state index in [0.29, 0.717) is 48.1 Å². The highest BCUT2D eigenvalue weighted by Crippen LogP contribution is 2.23. The van der Waals surface area contributed by atoms with Gasteiger partial charge in [0.2, 0.25) is 0 Å². The number of ketones is 1. The minimum Gasteiger partial charge on any atom is -0.492 e. The van der Waals surface area contributed by atoms with Gasteiger partial charge in [0, 0.05) is 35.5 Å². The zero-order chi connectivity index (χ0) is 29.9. The molecule has 0 amide bonds. The average molecular weight is 569 g/mol. The van der Waals surface area contributed by atoms with Gasteiger partial charge in [-0.3, -0.25) is 4.79 Å². The molecule has 0 bridgehead atoms. The highest BCUT2D eigenvalue weighted by atomic mass is 19.1. The smallest absolute Gasteiger partial charge is 0.328 e. The van der Waals surface area contributed by atoms with Crippen LogP contribution in [0, 0.1) is 11.7 Å². The van der Waals surface area contributed by atoms with Gasteiger partial charge in [-0.05, 0) is 53.9 Å². The Balaban J connectivity index is 1.40. The second-order valence-electron chi connectivity index (χ2n) is 10.5. The van der Waals surface area contributed by atoms with Crippen molar-refractivity contribution in [2.45, 2.75) is 26.3 Å². The summed E-state index contributed by atoms with van der Waals surface area (Å²) in [6, 6.07) is 29.6. The maximum absolute atomic E-state index is 13.8. The number of anilines is 2. The predicted molar refractivity (Wildman–Crippen MR) is 165 cm³/mol. The lowest BCUT2D eigenvalue weighted by molar-refractivity contribution is -0.141. The fraction of sp³-hybridized carbons (Fsp3) is 0.257. The summed E-state index contributed by atoms with van der Waals surface area (Å²) in [5, 5.41) is 3.23. The van der Waals surface area contributed by atoms with Gasteiger partial charge in [0.15, 0.2) is 5.78 Å². The van der Waals surface area contributed by atoms with Gasteiger partial charge in [-0.1, -0.05) is 74.5 Å². The normalized spacial score (nSPS) is 11.5. The maximum atomic E-state index is 13.8. The van der Waals surface area contributed by atoms with Gasteiger partial charge >= 0.3 is 5.97 Å². The molecule has 0 fully saturated rings. The molecule has 7 heteroatoms. The lowest BCUT2D eigenvalue weighted by Gasteiger charge is -2.26. The highest BCUT2D eigenvalue weighted by Gasteiger charge is 2.22. The third-order valence-corrected chi connectivity index (χ3v) is 6.78. The number of benzene rings is 4. The van der Waals surface area contributed by atoms with E-state index >= 15 is 0 Å². The van der Waals surface area contributed by atoms with Gasteiger partial charge < -0.3 is 19.7 Å². The summed E-state index contributed by atoms with van der Waals surface area (Å²) in [7, 11) is 1.35. The molecule has 1 atom stereocenters. The van der Waals surface area contributed by atoms with Crippen molar-refractivity contribution >= 4 is 23.1 Å². The van der Waals surface area contributed by atoms with Crippen molar-refractivity contribution in [1.29, 1.82) is 0 Å². The number of ether oxygens (including phenoxy) is 2. The first kappa shape index (κ1) is 30.3. The molecule has 0 unspecified atom stereocenters. The average Bonchev–Trinajstić information content (AvgIpc) is 3.01. The molecule has 0 heterocycles. The zero-order valence-electron chi connectivity index (χ0n) is 24.3. The predicted octanol–water partition coefficient (Wildman–Crippen LogP) is 6.79. The van der Waals surface area contributed by atoms with Gasteiger partial charge in [0.05, 0.1) is 13.7 Å². The Kier molecular flexibility index (Phi) is 10.7. The first-order valence-corrected chi connectivity index (χ1v) is 14.1. The number of esters is 1. The van der Waals surface area contributed by atoms with E-state index in [1.54, 1.807) is 42.5 Å². The van der Waals surface area contributed by atoms with Crippen molar-refractivity contribution in [3.8, 4) is 5.75 Å². The van der Waals surface area contributed by atoms with E-state index in [1.165, 1.54) is 13.2 Å². The molecule has 0 radical (unpaired) electrons. The van der Waals surface area contributed by atoms with Crippen LogP contribution in [0.3, 0.4) is 0 Å². The summed E-state index contributed by atoms with van der Waals surface area (Å²) in [6.07, 6.45) is 0.350. The number of halogens is 1. The monoisotopic (exact) mass is 568 g/mol. The Labute approximate surface area is 247 Å². The van der Waals surface area contributed by atoms with Crippen LogP contribution in [0.15, 0.2) is 103 Å². The number of carbonyl (C=O) groups excluding carboxylic acids is 2. The van der Waals surface area contributed by atoms with E-state index in [0.717, 1.165) is 17.8 Å². The summed E-state index contributed by atoms with van der Waals surface area (Å²) in [6.45, 7) is 6.08. The van der Waals surface area contributed by atoms with Gasteiger partial charge in [-0.2, -0.15) is 0 Å². The first-order valence-electron chi connectivity index (χ1n) is 14.1. The number of nitrogens with zero attached hydrogens (tertiary/aromatic N) is 1. The lowest BCUT2D eigenvalue weighted by Crippen LogP contribution is -2.33. The Morgan fingerprint density at radius 1 is 0.881 bits per heavy atom. The van der Waals surface area contributed by atoms with E-state index < -0.39 is 12.0 Å². The van der Waals surface area contributed by atoms with Gasteiger partial charge in [-0.25, -0.2) is 9.18 Å². The molecule has 0 spiro atoms. The molecule has 6 nitrogen and oxygen atoms in total. The summed E-state index contributed by atoms with van der Waals surface area (Å²) in [4.78, 5) is 28.0. The van der Waals surface area contributed by atoms with E-state index in [9.17, 15) is 14.0 Å². The van der Waals surface area contributed by atoms with Crippen LogP contribution in [0.1, 0.15) is 35.3 Å². The lowest BCUT2D eigenvalue weighted by atomic mass is 10.00. The minimum atomic E-state index is -0.706. The number of methoxy groups -OCH3 is 1. The molecular formula is C35H37FN2O4. The molecule has 1 N–H and O–H groups in total. The van der Waals surface area contributed by atoms with Crippen molar-refractivity contribution in [2.24, 2.45) is 5.92 Å². The number of nitrogens with one attached hydrogen (secondary N) is 1. The van der Waals surface area contributed by atoms with Crippen molar-refractivity contribution < 1.29 is 23.5 Å². The van der Waals surface area contributed by atoms with Crippen LogP contribution in [0.4, 0.5) is 15.8 Å². The molecule has 0 aliphatic heterocycles. The van der Waals surface area contributed by atoms with Crippen molar-refractivity contribution in [2.75, 3.05) is 37.0 Å². The minimum absolute atomic E-state index is 0.131. The van der Waals surface area contributed by atoms with Gasteiger partial charge in [-0.15, -0.1) is 0 Å². The fourth-order valence-electron chi connectivity index (χ4n) is 4.75. The molecule has 0 aliphatic rings. The molecular weight excluding hydrogens is 531 g/mol. The molecule has 0 aromatic heterocycles. The number of carbonyl (C=O) groups is 2. The highest BCUT2D eigenvalue weighted by molar-refractivity contribution is 6.12. The molecule has 4 rings (SSSR count). The summed E-state index contributed by atoms with van der Waals surface area (Å²) < 4.78 is 24.9. The summed E-state index contributed by atoms with van der Waals surface area (Å²) in [5.74, 6) is 0.285. The number of para-hydroxylation sites is 1. The van der Waals surface area contributed by atoms with Crippen molar-refractivity contribution in [1.82, 2.24) is 0 Å². The third-order valence-electron chi connectivity index (χ3n) is 6.78. The summed E-state index contributed by atoms with van der Waals surface area (Å²) >= 11 is 0. The molecule has 42 heavy (non-hydrogen) atoms. The van der Waals surface area contributed by atoms with Crippen LogP contribution in [0.2, 0.25) is 0 Å². The van der Waals surface area contributed by atoms with Gasteiger partial charge in [0.1, 0.15) is 24.2 Å². The van der Waals surface area contributed by atoms with Crippen molar-refractivity contribution in [3.05, 3.63) is 126 Å². The van der Waals surface area contributed by atoms with Crippen LogP contribution in [0.5, 0.6) is 5.75 Å². The molecule has 0 aliphatic carbocycles. The molecule has 0 saturated heterocycles. The third kappa shape index (κ3) is 8.43. The summed E-state index contributed by atoms with van der Waals surface area (Å²) in [5.41, 5.74) is 3.34. The number of hydrogen-bond donors (Lipinski definition) is 1. The Morgan fingerprint density at radius 3 is 2.29 bits per heavy atom. The fourth-order valence-corrected chi connectivity index (χ4v) is 4.75. The van der Waals surface area contributed by atoms with Crippen LogP contribution >= 0.6 is 0 Å². The maximum Gasteiger partial charge on any atom is 0.328 e. The second-order valence-corrected chi connectivity index (χ2v) is 10.5. The van der Waals surface area contributed by atoms with E-state index in [-0.39, 0.29) is 11.6 Å². The Bertz CT molecular complexity index is 1460. The Morgan fingerprint density at radius 2 is 1.60 bits per heavy atom. The zero-order valence-corrected chi connectivity index (χ0v) is 24.3. The quantitative estimate of drug-likeness (QED) is 0.133. The second kappa shape index (κ2) is 14.8. The molecule has 218 valence electrons. The van der Waals surface area contributed by atoms with Crippen molar-refractivity contribution in [3.63, 3.8) is 0 Å². The molecule has 4 aromatic carbocycles. The Hall–Kier alpha value is -4.65. The first-order chi connectivity index (χ1) is 20.3. The van der Waals surface area contributed by atoms with Crippen LogP contribution in [-0.4, -0.2) is 44.6 Å².